The van der Waals surface area contributed by atoms with E-state index in [0.29, 0.717) is 30.1 Å². The van der Waals surface area contributed by atoms with Crippen LogP contribution in [0, 0.1) is 17.8 Å². The second kappa shape index (κ2) is 12.1. The minimum atomic E-state index is -0.942. The summed E-state index contributed by atoms with van der Waals surface area (Å²) in [6, 6.07) is 21.0. The average Bonchev–Trinajstić information content (AvgIpc) is 3.57. The SMILES string of the molecule is CC/C(=C\c1ccc(O)c2ccccc12)CC[C@H]1OC[C@H]2C1=C(COc1ccccc1)C[C@H]1C(=O)N(C(=O)OC)C(=O)[C@H]12. The molecular weight excluding hydrogens is 546 g/mol. The fraction of sp³-hybridized carbons (Fsp3) is 0.343. The maximum atomic E-state index is 13.4. The molecule has 3 aromatic carbocycles. The van der Waals surface area contributed by atoms with Crippen LogP contribution in [0.25, 0.3) is 16.8 Å². The van der Waals surface area contributed by atoms with Crippen molar-refractivity contribution in [3.05, 3.63) is 89.0 Å². The molecule has 3 aromatic rings. The van der Waals surface area contributed by atoms with Crippen LogP contribution in [0.5, 0.6) is 11.5 Å². The number of benzene rings is 3. The Morgan fingerprint density at radius 2 is 1.74 bits per heavy atom. The van der Waals surface area contributed by atoms with E-state index in [9.17, 15) is 19.5 Å². The highest BCUT2D eigenvalue weighted by Crippen LogP contribution is 2.50. The number of aromatic hydroxyl groups is 1. The molecule has 0 unspecified atom stereocenters. The van der Waals surface area contributed by atoms with Gasteiger partial charge in [-0.3, -0.25) is 9.59 Å². The molecular formula is C35H35NO7. The van der Waals surface area contributed by atoms with E-state index in [-0.39, 0.29) is 24.4 Å². The number of rotatable bonds is 8. The molecule has 4 atom stereocenters. The number of carbonyl (C=O) groups is 3. The normalized spacial score (nSPS) is 23.5. The molecule has 1 aliphatic carbocycles. The summed E-state index contributed by atoms with van der Waals surface area (Å²) >= 11 is 0. The van der Waals surface area contributed by atoms with Crippen molar-refractivity contribution in [2.45, 2.75) is 38.7 Å². The first-order valence-corrected chi connectivity index (χ1v) is 14.8. The van der Waals surface area contributed by atoms with Gasteiger partial charge in [0.15, 0.2) is 0 Å². The maximum Gasteiger partial charge on any atom is 0.423 e. The lowest BCUT2D eigenvalue weighted by Crippen LogP contribution is -2.38. The number of ether oxygens (including phenoxy) is 3. The zero-order valence-electron chi connectivity index (χ0n) is 24.3. The first-order valence-electron chi connectivity index (χ1n) is 14.8. The van der Waals surface area contributed by atoms with Crippen LogP contribution in [0.4, 0.5) is 4.79 Å². The van der Waals surface area contributed by atoms with E-state index in [4.69, 9.17) is 14.2 Å². The molecule has 8 heteroatoms. The Morgan fingerprint density at radius 3 is 2.49 bits per heavy atom. The number of hydrogen-bond acceptors (Lipinski definition) is 7. The number of hydrogen-bond donors (Lipinski definition) is 1. The van der Waals surface area contributed by atoms with Crippen LogP contribution in [0.1, 0.15) is 38.2 Å². The second-order valence-electron chi connectivity index (χ2n) is 11.3. The van der Waals surface area contributed by atoms with Gasteiger partial charge in [-0.1, -0.05) is 67.1 Å². The van der Waals surface area contributed by atoms with Gasteiger partial charge in [0, 0.05) is 11.3 Å². The third kappa shape index (κ3) is 5.31. The third-order valence-electron chi connectivity index (χ3n) is 9.00. The summed E-state index contributed by atoms with van der Waals surface area (Å²) < 4.78 is 17.3. The van der Waals surface area contributed by atoms with E-state index in [2.05, 4.69) is 13.0 Å². The molecule has 3 amide bonds. The molecule has 1 N–H and O–H groups in total. The van der Waals surface area contributed by atoms with Gasteiger partial charge >= 0.3 is 6.09 Å². The number of likely N-dealkylation sites (tertiary alicyclic amines) is 1. The summed E-state index contributed by atoms with van der Waals surface area (Å²) in [5.41, 5.74) is 4.26. The Kier molecular flexibility index (Phi) is 8.04. The van der Waals surface area contributed by atoms with Crippen molar-refractivity contribution in [3.8, 4) is 11.5 Å². The van der Waals surface area contributed by atoms with Gasteiger partial charge in [-0.15, -0.1) is 0 Å². The van der Waals surface area contributed by atoms with Crippen molar-refractivity contribution < 1.29 is 33.7 Å². The molecule has 222 valence electrons. The van der Waals surface area contributed by atoms with Gasteiger partial charge in [-0.2, -0.15) is 4.90 Å². The average molecular weight is 582 g/mol. The van der Waals surface area contributed by atoms with Crippen LogP contribution >= 0.6 is 0 Å². The largest absolute Gasteiger partial charge is 0.507 e. The summed E-state index contributed by atoms with van der Waals surface area (Å²) in [7, 11) is 1.17. The van der Waals surface area contributed by atoms with Crippen LogP contribution in [0.3, 0.4) is 0 Å². The summed E-state index contributed by atoms with van der Waals surface area (Å²) in [5.74, 6) is -1.66. The van der Waals surface area contributed by atoms with Crippen molar-refractivity contribution in [3.63, 3.8) is 0 Å². The van der Waals surface area contributed by atoms with Crippen molar-refractivity contribution in [1.29, 1.82) is 0 Å². The lowest BCUT2D eigenvalue weighted by molar-refractivity contribution is -0.137. The number of allylic oxidation sites excluding steroid dienone is 1. The number of nitrogens with zero attached hydrogens (tertiary/aromatic N) is 1. The predicted octanol–water partition coefficient (Wildman–Crippen LogP) is 6.28. The first-order chi connectivity index (χ1) is 20.9. The van der Waals surface area contributed by atoms with Gasteiger partial charge in [0.1, 0.15) is 18.1 Å². The van der Waals surface area contributed by atoms with Gasteiger partial charge in [0.25, 0.3) is 0 Å². The van der Waals surface area contributed by atoms with Gasteiger partial charge in [0.05, 0.1) is 31.7 Å². The van der Waals surface area contributed by atoms with Gasteiger partial charge in [0.2, 0.25) is 11.8 Å². The van der Waals surface area contributed by atoms with E-state index < -0.39 is 29.7 Å². The summed E-state index contributed by atoms with van der Waals surface area (Å²) in [6.07, 6.45) is 3.67. The first kappa shape index (κ1) is 28.7. The fourth-order valence-electron chi connectivity index (χ4n) is 6.88. The molecule has 3 aliphatic rings. The molecule has 0 aromatic heterocycles. The van der Waals surface area contributed by atoms with Gasteiger partial charge < -0.3 is 19.3 Å². The Bertz CT molecular complexity index is 1630. The van der Waals surface area contributed by atoms with Gasteiger partial charge in [-0.25, -0.2) is 4.79 Å². The number of imide groups is 3. The Balaban J connectivity index is 1.28. The van der Waals surface area contributed by atoms with Gasteiger partial charge in [-0.05, 0) is 66.0 Å². The smallest absolute Gasteiger partial charge is 0.423 e. The monoisotopic (exact) mass is 581 g/mol. The molecule has 0 bridgehead atoms. The number of phenols is 1. The lowest BCUT2D eigenvalue weighted by atomic mass is 9.69. The maximum absolute atomic E-state index is 13.4. The van der Waals surface area contributed by atoms with Crippen molar-refractivity contribution in [1.82, 2.24) is 4.90 Å². The third-order valence-corrected chi connectivity index (χ3v) is 9.00. The van der Waals surface area contributed by atoms with Crippen molar-refractivity contribution in [2.75, 3.05) is 20.3 Å². The minimum Gasteiger partial charge on any atom is -0.507 e. The van der Waals surface area contributed by atoms with Crippen LogP contribution in [-0.2, 0) is 19.1 Å². The number of carbonyl (C=O) groups excluding carboxylic acids is 3. The Morgan fingerprint density at radius 1 is 1.00 bits per heavy atom. The van der Waals surface area contributed by atoms with Crippen LogP contribution in [-0.4, -0.2) is 54.3 Å². The zero-order valence-corrected chi connectivity index (χ0v) is 24.3. The second-order valence-corrected chi connectivity index (χ2v) is 11.3. The molecule has 43 heavy (non-hydrogen) atoms. The summed E-state index contributed by atoms with van der Waals surface area (Å²) in [4.78, 5) is 39.7. The summed E-state index contributed by atoms with van der Waals surface area (Å²) in [6.45, 7) is 2.70. The minimum absolute atomic E-state index is 0.234. The molecule has 2 fully saturated rings. The van der Waals surface area contributed by atoms with Crippen molar-refractivity contribution in [2.24, 2.45) is 17.8 Å². The standard InChI is InChI=1S/C35H35NO7/c1-3-21(17-22-14-15-29(37)26-12-8-7-11-25(22)26)13-16-30-31-23(19-42-24-9-5-4-6-10-24)18-27-32(28(31)20-43-30)34(39)36(33(27)38)35(40)41-2/h4-12,14-15,17,27-28,30,32,37H,3,13,16,18-20H2,1-2H3/b21-17+/t27-,28+,30-,32-/m1/s1. The fourth-order valence-corrected chi connectivity index (χ4v) is 6.88. The van der Waals surface area contributed by atoms with Crippen molar-refractivity contribution >= 4 is 34.8 Å². The zero-order chi connectivity index (χ0) is 30.1. The highest BCUT2D eigenvalue weighted by atomic mass is 16.5. The number of methoxy groups -OCH3 is 1. The topological polar surface area (TPSA) is 102 Å². The quantitative estimate of drug-likeness (QED) is 0.247. The van der Waals surface area contributed by atoms with E-state index in [1.54, 1.807) is 6.07 Å². The number of para-hydroxylation sites is 1. The van der Waals surface area contributed by atoms with E-state index in [0.717, 1.165) is 40.3 Å². The highest BCUT2D eigenvalue weighted by Gasteiger charge is 2.59. The number of amides is 3. The van der Waals surface area contributed by atoms with E-state index >= 15 is 0 Å². The van der Waals surface area contributed by atoms with Crippen LogP contribution in [0.2, 0.25) is 0 Å². The number of fused-ring (bicyclic) bond motifs is 4. The predicted molar refractivity (Wildman–Crippen MR) is 161 cm³/mol. The molecule has 2 heterocycles. The number of phenolic OH excluding ortho intramolecular Hbond substituents is 1. The molecule has 2 aliphatic heterocycles. The lowest BCUT2D eigenvalue weighted by Gasteiger charge is -2.31. The molecule has 0 spiro atoms. The van der Waals surface area contributed by atoms with E-state index in [1.807, 2.05) is 60.7 Å². The molecule has 8 nitrogen and oxygen atoms in total. The Labute approximate surface area is 250 Å². The highest BCUT2D eigenvalue weighted by molar-refractivity contribution is 6.16. The molecule has 2 saturated heterocycles. The molecule has 6 rings (SSSR count). The summed E-state index contributed by atoms with van der Waals surface area (Å²) in [5, 5.41) is 12.1. The molecule has 0 saturated carbocycles. The molecule has 0 radical (unpaired) electrons. The van der Waals surface area contributed by atoms with Crippen LogP contribution < -0.4 is 4.74 Å². The van der Waals surface area contributed by atoms with E-state index in [1.165, 1.54) is 12.7 Å². The Hall–Kier alpha value is -4.43. The van der Waals surface area contributed by atoms with Crippen LogP contribution in [0.15, 0.2) is 83.4 Å².